The lowest BCUT2D eigenvalue weighted by atomic mass is 9.75. The largest absolute Gasteiger partial charge is 0.307 e. The molecule has 0 aliphatic heterocycles. The lowest BCUT2D eigenvalue weighted by molar-refractivity contribution is -0.387. The van der Waals surface area contributed by atoms with Crippen LogP contribution in [0, 0.1) is 15.9 Å². The fraction of sp³-hybridized carbons (Fsp3) is 0.538. The molecule has 0 saturated heterocycles. The van der Waals surface area contributed by atoms with E-state index in [2.05, 4.69) is 12.2 Å². The molecule has 18 heavy (non-hydrogen) atoms. The molecule has 1 saturated carbocycles. The average Bonchev–Trinajstić information content (AvgIpc) is 2.29. The molecule has 0 spiro atoms. The highest BCUT2D eigenvalue weighted by atomic mass is 19.1. The second kappa shape index (κ2) is 5.02. The third kappa shape index (κ3) is 2.36. The first-order valence-electron chi connectivity index (χ1n) is 6.25. The maximum absolute atomic E-state index is 13.8. The summed E-state index contributed by atoms with van der Waals surface area (Å²) in [6.45, 7) is 2.46. The Hall–Kier alpha value is -1.49. The van der Waals surface area contributed by atoms with Gasteiger partial charge in [-0.1, -0.05) is 19.1 Å². The van der Waals surface area contributed by atoms with Crippen LogP contribution in [0.15, 0.2) is 18.2 Å². The molecule has 0 bridgehead atoms. The van der Waals surface area contributed by atoms with Gasteiger partial charge in [-0.05, 0) is 25.7 Å². The van der Waals surface area contributed by atoms with Gasteiger partial charge in [0.2, 0.25) is 5.82 Å². The predicted molar refractivity (Wildman–Crippen MR) is 66.8 cm³/mol. The van der Waals surface area contributed by atoms with Crippen molar-refractivity contribution in [3.63, 3.8) is 0 Å². The van der Waals surface area contributed by atoms with E-state index < -0.39 is 16.4 Å². The molecule has 1 aromatic carbocycles. The van der Waals surface area contributed by atoms with Crippen LogP contribution in [0.2, 0.25) is 0 Å². The molecule has 1 aliphatic rings. The van der Waals surface area contributed by atoms with Gasteiger partial charge >= 0.3 is 5.69 Å². The topological polar surface area (TPSA) is 55.2 Å². The van der Waals surface area contributed by atoms with Crippen molar-refractivity contribution in [3.8, 4) is 0 Å². The van der Waals surface area contributed by atoms with Gasteiger partial charge in [0.15, 0.2) is 0 Å². The summed E-state index contributed by atoms with van der Waals surface area (Å²) in [4.78, 5) is 9.96. The third-order valence-electron chi connectivity index (χ3n) is 3.90. The van der Waals surface area contributed by atoms with Crippen molar-refractivity contribution in [2.24, 2.45) is 0 Å². The van der Waals surface area contributed by atoms with Crippen LogP contribution < -0.4 is 5.32 Å². The maximum Gasteiger partial charge on any atom is 0.305 e. The van der Waals surface area contributed by atoms with Gasteiger partial charge < -0.3 is 5.32 Å². The Morgan fingerprint density at radius 1 is 1.50 bits per heavy atom. The van der Waals surface area contributed by atoms with Crippen molar-refractivity contribution in [3.05, 3.63) is 39.7 Å². The first-order chi connectivity index (χ1) is 8.58. The molecular formula is C13H17FN2O2. The molecule has 1 fully saturated rings. The number of halogens is 1. The number of nitrogens with one attached hydrogen (secondary N) is 1. The Bertz CT molecular complexity index is 453. The number of rotatable bonds is 5. The Morgan fingerprint density at radius 2 is 2.22 bits per heavy atom. The number of nitrogens with zero attached hydrogens (tertiary/aromatic N) is 1. The Kier molecular flexibility index (Phi) is 3.61. The summed E-state index contributed by atoms with van der Waals surface area (Å²) in [5, 5.41) is 14.0. The summed E-state index contributed by atoms with van der Waals surface area (Å²) in [7, 11) is 0. The third-order valence-corrected chi connectivity index (χ3v) is 3.90. The predicted octanol–water partition coefficient (Wildman–Crippen LogP) is 3.16. The summed E-state index contributed by atoms with van der Waals surface area (Å²) < 4.78 is 13.8. The SMILES string of the molecule is CCC1(NCc2cccc([N+](=O)[O-])c2F)CCC1. The molecule has 0 radical (unpaired) electrons. The van der Waals surface area contributed by atoms with Crippen molar-refractivity contribution in [2.45, 2.75) is 44.7 Å². The number of benzene rings is 1. The number of hydrogen-bond donors (Lipinski definition) is 1. The summed E-state index contributed by atoms with van der Waals surface area (Å²) >= 11 is 0. The molecule has 4 nitrogen and oxygen atoms in total. The van der Waals surface area contributed by atoms with E-state index >= 15 is 0 Å². The summed E-state index contributed by atoms with van der Waals surface area (Å²) in [6.07, 6.45) is 4.39. The zero-order valence-corrected chi connectivity index (χ0v) is 10.4. The molecule has 1 N–H and O–H groups in total. The minimum atomic E-state index is -0.722. The number of nitro groups is 1. The fourth-order valence-corrected chi connectivity index (χ4v) is 2.39. The van der Waals surface area contributed by atoms with Crippen LogP contribution >= 0.6 is 0 Å². The standard InChI is InChI=1S/C13H17FN2O2/c1-2-13(7-4-8-13)15-9-10-5-3-6-11(12(10)14)16(17)18/h3,5-6,15H,2,4,7-9H2,1H3. The van der Waals surface area contributed by atoms with E-state index in [1.54, 1.807) is 6.07 Å². The van der Waals surface area contributed by atoms with Crippen molar-refractivity contribution in [1.82, 2.24) is 5.32 Å². The van der Waals surface area contributed by atoms with Gasteiger partial charge in [0.25, 0.3) is 0 Å². The van der Waals surface area contributed by atoms with Gasteiger partial charge in [0.1, 0.15) is 0 Å². The molecule has 0 aromatic heterocycles. The summed E-state index contributed by atoms with van der Waals surface area (Å²) in [5.41, 5.74) is 0.0224. The Morgan fingerprint density at radius 3 is 2.72 bits per heavy atom. The molecule has 0 atom stereocenters. The van der Waals surface area contributed by atoms with E-state index in [9.17, 15) is 14.5 Å². The van der Waals surface area contributed by atoms with Gasteiger partial charge in [-0.25, -0.2) is 0 Å². The van der Waals surface area contributed by atoms with Gasteiger partial charge in [-0.15, -0.1) is 0 Å². The van der Waals surface area contributed by atoms with E-state index in [0.29, 0.717) is 12.1 Å². The molecule has 98 valence electrons. The van der Waals surface area contributed by atoms with Gasteiger partial charge in [-0.3, -0.25) is 10.1 Å². The van der Waals surface area contributed by atoms with Gasteiger partial charge in [-0.2, -0.15) is 4.39 Å². The van der Waals surface area contributed by atoms with E-state index in [1.165, 1.54) is 18.6 Å². The zero-order chi connectivity index (χ0) is 13.2. The zero-order valence-electron chi connectivity index (χ0n) is 10.4. The molecule has 0 unspecified atom stereocenters. The highest BCUT2D eigenvalue weighted by Gasteiger charge is 2.34. The van der Waals surface area contributed by atoms with E-state index in [4.69, 9.17) is 0 Å². The minimum Gasteiger partial charge on any atom is -0.307 e. The average molecular weight is 252 g/mol. The summed E-state index contributed by atoms with van der Waals surface area (Å²) in [6, 6.07) is 4.31. The monoisotopic (exact) mass is 252 g/mol. The first kappa shape index (κ1) is 13.0. The van der Waals surface area contributed by atoms with Crippen molar-refractivity contribution in [1.29, 1.82) is 0 Å². The van der Waals surface area contributed by atoms with Crippen LogP contribution in [-0.2, 0) is 6.54 Å². The van der Waals surface area contributed by atoms with Crippen LogP contribution in [-0.4, -0.2) is 10.5 Å². The first-order valence-corrected chi connectivity index (χ1v) is 6.25. The van der Waals surface area contributed by atoms with Crippen LogP contribution in [0.4, 0.5) is 10.1 Å². The molecule has 0 amide bonds. The number of hydrogen-bond acceptors (Lipinski definition) is 3. The van der Waals surface area contributed by atoms with Crippen molar-refractivity contribution < 1.29 is 9.31 Å². The lowest BCUT2D eigenvalue weighted by Crippen LogP contribution is -2.49. The minimum absolute atomic E-state index is 0.108. The maximum atomic E-state index is 13.8. The van der Waals surface area contributed by atoms with Crippen molar-refractivity contribution >= 4 is 5.69 Å². The Labute approximate surface area is 105 Å². The van der Waals surface area contributed by atoms with E-state index in [-0.39, 0.29) is 5.54 Å². The van der Waals surface area contributed by atoms with Crippen LogP contribution in [0.3, 0.4) is 0 Å². The van der Waals surface area contributed by atoms with Gasteiger partial charge in [0, 0.05) is 23.7 Å². The van der Waals surface area contributed by atoms with E-state index in [1.807, 2.05) is 0 Å². The molecular weight excluding hydrogens is 235 g/mol. The van der Waals surface area contributed by atoms with Crippen LogP contribution in [0.25, 0.3) is 0 Å². The normalized spacial score (nSPS) is 17.2. The molecule has 5 heteroatoms. The number of nitro benzene ring substituents is 1. The smallest absolute Gasteiger partial charge is 0.305 e. The fourth-order valence-electron chi connectivity index (χ4n) is 2.39. The Balaban J connectivity index is 2.10. The second-order valence-corrected chi connectivity index (χ2v) is 4.85. The van der Waals surface area contributed by atoms with Crippen molar-refractivity contribution in [2.75, 3.05) is 0 Å². The quantitative estimate of drug-likeness (QED) is 0.647. The molecule has 2 rings (SSSR count). The molecule has 0 heterocycles. The highest BCUT2D eigenvalue weighted by molar-refractivity contribution is 5.36. The van der Waals surface area contributed by atoms with Gasteiger partial charge in [0.05, 0.1) is 4.92 Å². The molecule has 1 aliphatic carbocycles. The van der Waals surface area contributed by atoms with Crippen LogP contribution in [0.5, 0.6) is 0 Å². The second-order valence-electron chi connectivity index (χ2n) is 4.85. The highest BCUT2D eigenvalue weighted by Crippen LogP contribution is 2.35. The lowest BCUT2D eigenvalue weighted by Gasteiger charge is -2.42. The molecule has 1 aromatic rings. The summed E-state index contributed by atoms with van der Waals surface area (Å²) in [5.74, 6) is -0.722. The van der Waals surface area contributed by atoms with Crippen LogP contribution in [0.1, 0.15) is 38.2 Å². The van der Waals surface area contributed by atoms with E-state index in [0.717, 1.165) is 19.3 Å².